The van der Waals surface area contributed by atoms with Crippen molar-refractivity contribution in [2.24, 2.45) is 0 Å². The van der Waals surface area contributed by atoms with Crippen LogP contribution in [0.3, 0.4) is 0 Å². The Morgan fingerprint density at radius 1 is 1.39 bits per heavy atom. The minimum absolute atomic E-state index is 0.160. The number of nitro benzene ring substituents is 1. The van der Waals surface area contributed by atoms with Gasteiger partial charge < -0.3 is 5.32 Å². The first-order valence-electron chi connectivity index (χ1n) is 5.18. The lowest BCUT2D eigenvalue weighted by molar-refractivity contribution is -0.384. The second kappa shape index (κ2) is 6.92. The number of nitrogens with one attached hydrogen (secondary N) is 1. The number of rotatable bonds is 6. The number of halogens is 2. The van der Waals surface area contributed by atoms with Gasteiger partial charge in [0, 0.05) is 41.0 Å². The van der Waals surface area contributed by atoms with Crippen LogP contribution < -0.4 is 5.32 Å². The van der Waals surface area contributed by atoms with Crippen LogP contribution in [0.5, 0.6) is 0 Å². The second-order valence-electron chi connectivity index (χ2n) is 3.40. The Bertz CT molecular complexity index is 459. The molecule has 0 heterocycles. The van der Waals surface area contributed by atoms with Crippen LogP contribution in [-0.2, 0) is 10.8 Å². The molecule has 0 fully saturated rings. The number of benzene rings is 1. The van der Waals surface area contributed by atoms with Gasteiger partial charge in [-0.2, -0.15) is 0 Å². The summed E-state index contributed by atoms with van der Waals surface area (Å²) in [4.78, 5) is 10.0. The number of nitrogens with zero attached hydrogens (tertiary/aromatic N) is 1. The normalized spacial score (nSPS) is 12.2. The molecule has 0 amide bonds. The number of hydrogen-bond acceptors (Lipinski definition) is 4. The number of non-ortho nitro benzene ring substituents is 1. The molecule has 1 unspecified atom stereocenters. The van der Waals surface area contributed by atoms with Gasteiger partial charge in [-0.05, 0) is 0 Å². The molecule has 0 radical (unpaired) electrons. The van der Waals surface area contributed by atoms with Crippen molar-refractivity contribution in [1.29, 1.82) is 0 Å². The van der Waals surface area contributed by atoms with E-state index >= 15 is 0 Å². The highest BCUT2D eigenvalue weighted by Gasteiger charge is 2.14. The van der Waals surface area contributed by atoms with E-state index in [-0.39, 0.29) is 15.7 Å². The van der Waals surface area contributed by atoms with E-state index in [9.17, 15) is 14.3 Å². The van der Waals surface area contributed by atoms with Crippen molar-refractivity contribution in [3.8, 4) is 0 Å². The molecule has 1 aromatic carbocycles. The van der Waals surface area contributed by atoms with Crippen molar-refractivity contribution in [2.45, 2.75) is 6.92 Å². The van der Waals surface area contributed by atoms with E-state index in [1.54, 1.807) is 0 Å². The Hall–Kier alpha value is -0.850. The molecule has 1 aromatic rings. The van der Waals surface area contributed by atoms with Crippen molar-refractivity contribution < 1.29 is 9.13 Å². The Labute approximate surface area is 117 Å². The zero-order valence-corrected chi connectivity index (χ0v) is 11.9. The lowest BCUT2D eigenvalue weighted by atomic mass is 10.3. The van der Waals surface area contributed by atoms with Crippen LogP contribution in [-0.4, -0.2) is 27.2 Å². The summed E-state index contributed by atoms with van der Waals surface area (Å²) < 4.78 is 11.2. The van der Waals surface area contributed by atoms with Gasteiger partial charge in [0.05, 0.1) is 20.7 Å². The van der Waals surface area contributed by atoms with Crippen LogP contribution in [0.15, 0.2) is 12.1 Å². The van der Waals surface area contributed by atoms with Gasteiger partial charge in [-0.25, -0.2) is 0 Å². The topological polar surface area (TPSA) is 72.2 Å². The predicted molar refractivity (Wildman–Crippen MR) is 75.2 cm³/mol. The van der Waals surface area contributed by atoms with Gasteiger partial charge in [-0.1, -0.05) is 30.1 Å². The fourth-order valence-corrected chi connectivity index (χ4v) is 2.50. The first-order chi connectivity index (χ1) is 8.45. The summed E-state index contributed by atoms with van der Waals surface area (Å²) in [5.41, 5.74) is 0.268. The molecule has 5 nitrogen and oxygen atoms in total. The molecule has 1 N–H and O–H groups in total. The van der Waals surface area contributed by atoms with Crippen LogP contribution in [0.4, 0.5) is 11.4 Å². The first-order valence-corrected chi connectivity index (χ1v) is 7.42. The van der Waals surface area contributed by atoms with E-state index in [0.29, 0.717) is 23.7 Å². The highest BCUT2D eigenvalue weighted by Crippen LogP contribution is 2.34. The molecule has 1 rings (SSSR count). The summed E-state index contributed by atoms with van der Waals surface area (Å²) in [5, 5.41) is 13.9. The largest absolute Gasteiger partial charge is 0.382 e. The van der Waals surface area contributed by atoms with Crippen molar-refractivity contribution in [1.82, 2.24) is 0 Å². The van der Waals surface area contributed by atoms with Crippen molar-refractivity contribution in [3.63, 3.8) is 0 Å². The molecule has 0 saturated heterocycles. The van der Waals surface area contributed by atoms with Crippen molar-refractivity contribution >= 4 is 45.4 Å². The Morgan fingerprint density at radius 2 is 1.94 bits per heavy atom. The fraction of sp³-hybridized carbons (Fsp3) is 0.400. The smallest absolute Gasteiger partial charge is 0.272 e. The van der Waals surface area contributed by atoms with Gasteiger partial charge in [-0.15, -0.1) is 0 Å². The van der Waals surface area contributed by atoms with Crippen LogP contribution in [0.25, 0.3) is 0 Å². The molecule has 0 aliphatic rings. The maximum atomic E-state index is 11.2. The third-order valence-corrected chi connectivity index (χ3v) is 4.09. The van der Waals surface area contributed by atoms with Gasteiger partial charge in [0.25, 0.3) is 5.69 Å². The fourth-order valence-electron chi connectivity index (χ4n) is 1.27. The minimum Gasteiger partial charge on any atom is -0.382 e. The average Bonchev–Trinajstić information content (AvgIpc) is 2.31. The summed E-state index contributed by atoms with van der Waals surface area (Å²) in [6.45, 7) is 2.28. The van der Waals surface area contributed by atoms with Gasteiger partial charge in [-0.3, -0.25) is 14.3 Å². The molecule has 100 valence electrons. The zero-order valence-electron chi connectivity index (χ0n) is 9.61. The summed E-state index contributed by atoms with van der Waals surface area (Å²) in [5.74, 6) is 1.06. The van der Waals surface area contributed by atoms with Crippen molar-refractivity contribution in [2.75, 3.05) is 23.4 Å². The number of nitro groups is 1. The molecule has 0 aromatic heterocycles. The van der Waals surface area contributed by atoms with Gasteiger partial charge in [0.2, 0.25) is 0 Å². The molecule has 0 saturated carbocycles. The van der Waals surface area contributed by atoms with Crippen LogP contribution in [0.1, 0.15) is 6.92 Å². The molecule has 0 spiro atoms. The highest BCUT2D eigenvalue weighted by atomic mass is 35.5. The highest BCUT2D eigenvalue weighted by molar-refractivity contribution is 7.84. The average molecular weight is 311 g/mol. The Balaban J connectivity index is 2.78. The van der Waals surface area contributed by atoms with E-state index in [1.165, 1.54) is 12.1 Å². The van der Waals surface area contributed by atoms with E-state index < -0.39 is 15.7 Å². The lowest BCUT2D eigenvalue weighted by Gasteiger charge is -2.09. The van der Waals surface area contributed by atoms with E-state index in [0.717, 1.165) is 0 Å². The van der Waals surface area contributed by atoms with Crippen molar-refractivity contribution in [3.05, 3.63) is 32.3 Å². The Kier molecular flexibility index (Phi) is 5.84. The maximum Gasteiger partial charge on any atom is 0.272 e. The third kappa shape index (κ3) is 4.12. The summed E-state index contributed by atoms with van der Waals surface area (Å²) in [6.07, 6.45) is 0. The summed E-state index contributed by atoms with van der Waals surface area (Å²) >= 11 is 11.8. The molecule has 1 atom stereocenters. The molecule has 0 aliphatic heterocycles. The van der Waals surface area contributed by atoms with Gasteiger partial charge in [0.1, 0.15) is 0 Å². The molecule has 0 aliphatic carbocycles. The molecular weight excluding hydrogens is 299 g/mol. The zero-order chi connectivity index (χ0) is 13.7. The quantitative estimate of drug-likeness (QED) is 0.647. The first kappa shape index (κ1) is 15.2. The number of anilines is 1. The van der Waals surface area contributed by atoms with E-state index in [2.05, 4.69) is 5.32 Å². The van der Waals surface area contributed by atoms with Crippen LogP contribution in [0, 0.1) is 10.1 Å². The van der Waals surface area contributed by atoms with Crippen LogP contribution in [0.2, 0.25) is 10.0 Å². The lowest BCUT2D eigenvalue weighted by Crippen LogP contribution is -2.12. The summed E-state index contributed by atoms with van der Waals surface area (Å²) in [7, 11) is -0.882. The molecule has 0 bridgehead atoms. The summed E-state index contributed by atoms with van der Waals surface area (Å²) in [6, 6.07) is 2.46. The maximum absolute atomic E-state index is 11.2. The SMILES string of the molecule is CCS(=O)CCNc1c(Cl)cc([N+](=O)[O-])cc1Cl. The number of hydrogen-bond donors (Lipinski definition) is 1. The monoisotopic (exact) mass is 310 g/mol. The molecule has 8 heteroatoms. The minimum atomic E-state index is -0.882. The van der Waals surface area contributed by atoms with Gasteiger partial charge >= 0.3 is 0 Å². The Morgan fingerprint density at radius 3 is 2.39 bits per heavy atom. The molecular formula is C10H12Cl2N2O3S. The molecule has 18 heavy (non-hydrogen) atoms. The second-order valence-corrected chi connectivity index (χ2v) is 6.08. The van der Waals surface area contributed by atoms with Gasteiger partial charge in [0.15, 0.2) is 0 Å². The predicted octanol–water partition coefficient (Wildman–Crippen LogP) is 3.08. The van der Waals surface area contributed by atoms with E-state index in [1.807, 2.05) is 6.92 Å². The van der Waals surface area contributed by atoms with Crippen LogP contribution >= 0.6 is 23.2 Å². The van der Waals surface area contributed by atoms with E-state index in [4.69, 9.17) is 23.2 Å². The third-order valence-electron chi connectivity index (χ3n) is 2.19. The standard InChI is InChI=1S/C10H12Cl2N2O3S/c1-2-18(17)4-3-13-10-8(11)5-7(14(15)16)6-9(10)12/h5-6,13H,2-4H2,1H3.